The highest BCUT2D eigenvalue weighted by atomic mass is 79.9. The number of aromatic nitrogens is 1. The standard InChI is InChI=1S/C19H17BrN2O2S/c1-12-6-3-4-9-16(12)22-18(23)13(2)25-19-21-11-17(24-19)14-7-5-8-15(20)10-14/h3-11,13H,1-2H3,(H,22,23). The summed E-state index contributed by atoms with van der Waals surface area (Å²) in [6, 6.07) is 15.5. The SMILES string of the molecule is Cc1ccccc1NC(=O)C(C)Sc1ncc(-c2cccc(Br)c2)o1. The molecule has 1 N–H and O–H groups in total. The number of amides is 1. The van der Waals surface area contributed by atoms with Crippen LogP contribution in [0.5, 0.6) is 0 Å². The fourth-order valence-corrected chi connectivity index (χ4v) is 3.36. The van der Waals surface area contributed by atoms with E-state index >= 15 is 0 Å². The molecule has 2 aromatic carbocycles. The smallest absolute Gasteiger partial charge is 0.256 e. The van der Waals surface area contributed by atoms with Crippen LogP contribution < -0.4 is 5.32 Å². The number of nitrogens with one attached hydrogen (secondary N) is 1. The molecule has 3 rings (SSSR count). The molecule has 0 aliphatic rings. The Balaban J connectivity index is 1.66. The van der Waals surface area contributed by atoms with Gasteiger partial charge in [-0.1, -0.05) is 58.0 Å². The number of para-hydroxylation sites is 1. The van der Waals surface area contributed by atoms with Gasteiger partial charge in [0.25, 0.3) is 5.22 Å². The lowest BCUT2D eigenvalue weighted by Gasteiger charge is -2.11. The van der Waals surface area contributed by atoms with Gasteiger partial charge in [0.05, 0.1) is 11.4 Å². The van der Waals surface area contributed by atoms with Gasteiger partial charge < -0.3 is 9.73 Å². The van der Waals surface area contributed by atoms with Crippen molar-refractivity contribution < 1.29 is 9.21 Å². The Hall–Kier alpha value is -2.05. The fourth-order valence-electron chi connectivity index (χ4n) is 2.24. The lowest BCUT2D eigenvalue weighted by molar-refractivity contribution is -0.115. The molecule has 0 fully saturated rings. The topological polar surface area (TPSA) is 55.1 Å². The number of aryl methyl sites for hydroxylation is 1. The van der Waals surface area contributed by atoms with Crippen LogP contribution in [0, 0.1) is 6.92 Å². The van der Waals surface area contributed by atoms with Crippen LogP contribution >= 0.6 is 27.7 Å². The number of rotatable bonds is 5. The molecule has 3 aromatic rings. The molecule has 0 saturated carbocycles. The summed E-state index contributed by atoms with van der Waals surface area (Å²) < 4.78 is 6.74. The normalized spacial score (nSPS) is 12.0. The summed E-state index contributed by atoms with van der Waals surface area (Å²) in [7, 11) is 0. The van der Waals surface area contributed by atoms with Crippen molar-refractivity contribution in [2.75, 3.05) is 5.32 Å². The van der Waals surface area contributed by atoms with Gasteiger partial charge in [0.1, 0.15) is 0 Å². The second-order valence-corrected chi connectivity index (χ2v) is 7.77. The van der Waals surface area contributed by atoms with E-state index in [-0.39, 0.29) is 11.2 Å². The van der Waals surface area contributed by atoms with E-state index in [1.165, 1.54) is 11.8 Å². The highest BCUT2D eigenvalue weighted by molar-refractivity contribution is 9.10. The number of carbonyl (C=O) groups is 1. The first kappa shape index (κ1) is 17.8. The lowest BCUT2D eigenvalue weighted by atomic mass is 10.2. The van der Waals surface area contributed by atoms with Gasteiger partial charge in [-0.25, -0.2) is 4.98 Å². The van der Waals surface area contributed by atoms with Crippen LogP contribution in [0.4, 0.5) is 5.69 Å². The van der Waals surface area contributed by atoms with Crippen LogP contribution in [-0.4, -0.2) is 16.1 Å². The van der Waals surface area contributed by atoms with Gasteiger partial charge in [0.15, 0.2) is 5.76 Å². The van der Waals surface area contributed by atoms with E-state index in [0.717, 1.165) is 21.3 Å². The van der Waals surface area contributed by atoms with Crippen molar-refractivity contribution in [2.45, 2.75) is 24.3 Å². The molecule has 1 unspecified atom stereocenters. The number of thioether (sulfide) groups is 1. The third-order valence-corrected chi connectivity index (χ3v) is 5.09. The predicted octanol–water partition coefficient (Wildman–Crippen LogP) is 5.53. The Labute approximate surface area is 159 Å². The molecule has 1 aromatic heterocycles. The lowest BCUT2D eigenvalue weighted by Crippen LogP contribution is -2.22. The fraction of sp³-hybridized carbons (Fsp3) is 0.158. The highest BCUT2D eigenvalue weighted by Gasteiger charge is 2.18. The van der Waals surface area contributed by atoms with E-state index in [9.17, 15) is 4.79 Å². The molecule has 25 heavy (non-hydrogen) atoms. The highest BCUT2D eigenvalue weighted by Crippen LogP contribution is 2.29. The zero-order chi connectivity index (χ0) is 17.8. The molecule has 0 saturated heterocycles. The van der Waals surface area contributed by atoms with E-state index in [2.05, 4.69) is 26.2 Å². The summed E-state index contributed by atoms with van der Waals surface area (Å²) in [4.78, 5) is 16.7. The molecule has 1 amide bonds. The van der Waals surface area contributed by atoms with Crippen molar-refractivity contribution in [1.29, 1.82) is 0 Å². The molecule has 0 aliphatic carbocycles. The minimum atomic E-state index is -0.325. The molecule has 0 radical (unpaired) electrons. The summed E-state index contributed by atoms with van der Waals surface area (Å²) in [5, 5.41) is 3.09. The van der Waals surface area contributed by atoms with Crippen LogP contribution in [-0.2, 0) is 4.79 Å². The van der Waals surface area contributed by atoms with Crippen LogP contribution in [0.3, 0.4) is 0 Å². The van der Waals surface area contributed by atoms with Crippen molar-refractivity contribution in [2.24, 2.45) is 0 Å². The monoisotopic (exact) mass is 416 g/mol. The van der Waals surface area contributed by atoms with E-state index < -0.39 is 0 Å². The van der Waals surface area contributed by atoms with Gasteiger partial charge in [-0.05, 0) is 37.6 Å². The third kappa shape index (κ3) is 4.52. The molecule has 0 aliphatic heterocycles. The maximum atomic E-state index is 12.4. The average Bonchev–Trinajstić information content (AvgIpc) is 3.05. The first-order valence-electron chi connectivity index (χ1n) is 7.78. The number of hydrogen-bond donors (Lipinski definition) is 1. The Morgan fingerprint density at radius 1 is 1.24 bits per heavy atom. The van der Waals surface area contributed by atoms with Crippen LogP contribution in [0.1, 0.15) is 12.5 Å². The molecular weight excluding hydrogens is 400 g/mol. The minimum Gasteiger partial charge on any atom is -0.431 e. The molecule has 6 heteroatoms. The summed E-state index contributed by atoms with van der Waals surface area (Å²) >= 11 is 4.74. The number of benzene rings is 2. The Morgan fingerprint density at radius 3 is 2.80 bits per heavy atom. The number of oxazole rings is 1. The zero-order valence-corrected chi connectivity index (χ0v) is 16.2. The van der Waals surface area contributed by atoms with Crippen LogP contribution in [0.2, 0.25) is 0 Å². The molecular formula is C19H17BrN2O2S. The van der Waals surface area contributed by atoms with Crippen LogP contribution in [0.25, 0.3) is 11.3 Å². The Bertz CT molecular complexity index is 894. The minimum absolute atomic E-state index is 0.0819. The first-order chi connectivity index (χ1) is 12.0. The second-order valence-electron chi connectivity index (χ2n) is 5.57. The van der Waals surface area contributed by atoms with Gasteiger partial charge in [-0.15, -0.1) is 0 Å². The zero-order valence-electron chi connectivity index (χ0n) is 13.8. The maximum absolute atomic E-state index is 12.4. The summed E-state index contributed by atoms with van der Waals surface area (Å²) in [5.41, 5.74) is 2.79. The van der Waals surface area contributed by atoms with E-state index in [4.69, 9.17) is 4.42 Å². The number of hydrogen-bond acceptors (Lipinski definition) is 4. The van der Waals surface area contributed by atoms with Crippen molar-refractivity contribution in [1.82, 2.24) is 4.98 Å². The molecule has 1 atom stereocenters. The molecule has 4 nitrogen and oxygen atoms in total. The number of nitrogens with zero attached hydrogens (tertiary/aromatic N) is 1. The molecule has 128 valence electrons. The van der Waals surface area contributed by atoms with Gasteiger partial charge >= 0.3 is 0 Å². The van der Waals surface area contributed by atoms with Gasteiger partial charge in [0.2, 0.25) is 5.91 Å². The molecule has 1 heterocycles. The summed E-state index contributed by atoms with van der Waals surface area (Å²) in [5.74, 6) is 0.594. The largest absolute Gasteiger partial charge is 0.431 e. The average molecular weight is 417 g/mol. The first-order valence-corrected chi connectivity index (χ1v) is 9.45. The van der Waals surface area contributed by atoms with E-state index in [1.807, 2.05) is 62.4 Å². The van der Waals surface area contributed by atoms with Crippen LogP contribution in [0.15, 0.2) is 68.8 Å². The maximum Gasteiger partial charge on any atom is 0.256 e. The van der Waals surface area contributed by atoms with Gasteiger partial charge in [-0.3, -0.25) is 4.79 Å². The van der Waals surface area contributed by atoms with Gasteiger partial charge in [0, 0.05) is 15.7 Å². The Kier molecular flexibility index (Phi) is 5.60. The molecule has 0 spiro atoms. The van der Waals surface area contributed by atoms with Crippen molar-refractivity contribution in [3.05, 3.63) is 64.8 Å². The number of carbonyl (C=O) groups excluding carboxylic acids is 1. The Morgan fingerprint density at radius 2 is 2.04 bits per heavy atom. The van der Waals surface area contributed by atoms with Crippen molar-refractivity contribution in [3.63, 3.8) is 0 Å². The molecule has 0 bridgehead atoms. The van der Waals surface area contributed by atoms with Crippen molar-refractivity contribution >= 4 is 39.3 Å². The quantitative estimate of drug-likeness (QED) is 0.555. The van der Waals surface area contributed by atoms with E-state index in [0.29, 0.717) is 11.0 Å². The second kappa shape index (κ2) is 7.89. The summed E-state index contributed by atoms with van der Waals surface area (Å²) in [6.07, 6.45) is 1.68. The van der Waals surface area contributed by atoms with Gasteiger partial charge in [-0.2, -0.15) is 0 Å². The third-order valence-electron chi connectivity index (χ3n) is 3.64. The number of anilines is 1. The van der Waals surface area contributed by atoms with E-state index in [1.54, 1.807) is 6.20 Å². The number of halogens is 1. The van der Waals surface area contributed by atoms with Crippen molar-refractivity contribution in [3.8, 4) is 11.3 Å². The predicted molar refractivity (Wildman–Crippen MR) is 105 cm³/mol. The summed E-state index contributed by atoms with van der Waals surface area (Å²) in [6.45, 7) is 3.80.